The summed E-state index contributed by atoms with van der Waals surface area (Å²) in [5.74, 6) is 1.25. The predicted octanol–water partition coefficient (Wildman–Crippen LogP) is 4.66. The normalized spacial score (nSPS) is 11.8. The van der Waals surface area contributed by atoms with Gasteiger partial charge in [-0.1, -0.05) is 6.07 Å². The molecule has 5 nitrogen and oxygen atoms in total. The number of ether oxygens (including phenoxy) is 1. The van der Waals surface area contributed by atoms with Gasteiger partial charge < -0.3 is 15.4 Å². The highest BCUT2D eigenvalue weighted by Crippen LogP contribution is 2.25. The lowest BCUT2D eigenvalue weighted by molar-refractivity contribution is -0.119. The van der Waals surface area contributed by atoms with Crippen molar-refractivity contribution in [2.75, 3.05) is 11.9 Å². The molecule has 1 amide bonds. The van der Waals surface area contributed by atoms with E-state index in [1.807, 2.05) is 61.5 Å². The number of rotatable bonds is 6. The van der Waals surface area contributed by atoms with Gasteiger partial charge in [0.1, 0.15) is 5.75 Å². The molecule has 2 N–H and O–H groups in total. The Morgan fingerprint density at radius 1 is 1.12 bits per heavy atom. The third-order valence-electron chi connectivity index (χ3n) is 4.07. The Kier molecular flexibility index (Phi) is 5.37. The number of hydrogen-bond donors (Lipinski definition) is 2. The average Bonchev–Trinajstić information content (AvgIpc) is 2.62. The molecule has 0 bridgehead atoms. The molecular formula is C21H23N3O2. The first kappa shape index (κ1) is 17.7. The minimum absolute atomic E-state index is 0.0388. The first-order valence-corrected chi connectivity index (χ1v) is 8.75. The second kappa shape index (κ2) is 7.87. The predicted molar refractivity (Wildman–Crippen MR) is 105 cm³/mol. The summed E-state index contributed by atoms with van der Waals surface area (Å²) < 4.78 is 5.85. The van der Waals surface area contributed by atoms with E-state index in [4.69, 9.17) is 4.74 Å². The SMILES string of the molecule is CCNc1ccc(Oc2ccc3cc(C(C)NC(C)=O)ccc3n2)cc1. The van der Waals surface area contributed by atoms with Gasteiger partial charge in [-0.15, -0.1) is 0 Å². The summed E-state index contributed by atoms with van der Waals surface area (Å²) in [6.07, 6.45) is 0. The number of hydrogen-bond acceptors (Lipinski definition) is 4. The summed E-state index contributed by atoms with van der Waals surface area (Å²) >= 11 is 0. The van der Waals surface area contributed by atoms with E-state index in [1.165, 1.54) is 6.92 Å². The quantitative estimate of drug-likeness (QED) is 0.679. The maximum Gasteiger partial charge on any atom is 0.219 e. The van der Waals surface area contributed by atoms with Crippen LogP contribution in [0.15, 0.2) is 54.6 Å². The summed E-state index contributed by atoms with van der Waals surface area (Å²) in [5, 5.41) is 7.15. The van der Waals surface area contributed by atoms with E-state index in [0.29, 0.717) is 5.88 Å². The van der Waals surface area contributed by atoms with Crippen LogP contribution in [0.1, 0.15) is 32.4 Å². The highest BCUT2D eigenvalue weighted by atomic mass is 16.5. The molecule has 3 rings (SSSR count). The number of carbonyl (C=O) groups excluding carboxylic acids is 1. The summed E-state index contributed by atoms with van der Waals surface area (Å²) in [7, 11) is 0. The molecule has 0 saturated heterocycles. The Labute approximate surface area is 153 Å². The molecular weight excluding hydrogens is 326 g/mol. The molecule has 0 fully saturated rings. The van der Waals surface area contributed by atoms with E-state index in [-0.39, 0.29) is 11.9 Å². The summed E-state index contributed by atoms with van der Waals surface area (Å²) in [5.41, 5.74) is 2.96. The molecule has 134 valence electrons. The maximum absolute atomic E-state index is 11.2. The Bertz CT molecular complexity index is 907. The third-order valence-corrected chi connectivity index (χ3v) is 4.07. The van der Waals surface area contributed by atoms with Crippen LogP contribution in [0.5, 0.6) is 11.6 Å². The van der Waals surface area contributed by atoms with Crippen molar-refractivity contribution in [2.24, 2.45) is 0 Å². The van der Waals surface area contributed by atoms with E-state index < -0.39 is 0 Å². The summed E-state index contributed by atoms with van der Waals surface area (Å²) in [6, 6.07) is 17.6. The number of carbonyl (C=O) groups is 1. The molecule has 0 aliphatic rings. The first-order valence-electron chi connectivity index (χ1n) is 8.75. The van der Waals surface area contributed by atoms with Gasteiger partial charge in [-0.05, 0) is 61.9 Å². The fraction of sp³-hybridized carbons (Fsp3) is 0.238. The van der Waals surface area contributed by atoms with E-state index >= 15 is 0 Å². The van der Waals surface area contributed by atoms with Gasteiger partial charge >= 0.3 is 0 Å². The molecule has 5 heteroatoms. The Balaban J connectivity index is 1.77. The third kappa shape index (κ3) is 4.30. The maximum atomic E-state index is 11.2. The van der Waals surface area contributed by atoms with Gasteiger partial charge in [-0.25, -0.2) is 4.98 Å². The Morgan fingerprint density at radius 2 is 1.88 bits per heavy atom. The van der Waals surface area contributed by atoms with Gasteiger partial charge in [-0.2, -0.15) is 0 Å². The molecule has 1 unspecified atom stereocenters. The lowest BCUT2D eigenvalue weighted by atomic mass is 10.1. The molecule has 1 heterocycles. The van der Waals surface area contributed by atoms with E-state index in [1.54, 1.807) is 0 Å². The number of nitrogens with one attached hydrogen (secondary N) is 2. The zero-order valence-corrected chi connectivity index (χ0v) is 15.2. The van der Waals surface area contributed by atoms with E-state index in [2.05, 4.69) is 22.5 Å². The van der Waals surface area contributed by atoms with Crippen LogP contribution < -0.4 is 15.4 Å². The minimum atomic E-state index is -0.0420. The van der Waals surface area contributed by atoms with Crippen LogP contribution in [0.2, 0.25) is 0 Å². The van der Waals surface area contributed by atoms with Crippen LogP contribution in [0.4, 0.5) is 5.69 Å². The smallest absolute Gasteiger partial charge is 0.219 e. The van der Waals surface area contributed by atoms with Crippen LogP contribution in [0.3, 0.4) is 0 Å². The molecule has 0 radical (unpaired) electrons. The van der Waals surface area contributed by atoms with Gasteiger partial charge in [-0.3, -0.25) is 4.79 Å². The molecule has 26 heavy (non-hydrogen) atoms. The molecule has 0 aliphatic heterocycles. The fourth-order valence-electron chi connectivity index (χ4n) is 2.81. The molecule has 3 aromatic rings. The van der Waals surface area contributed by atoms with Crippen molar-refractivity contribution in [1.29, 1.82) is 0 Å². The Morgan fingerprint density at radius 3 is 2.58 bits per heavy atom. The minimum Gasteiger partial charge on any atom is -0.439 e. The van der Waals surface area contributed by atoms with Crippen molar-refractivity contribution in [3.63, 3.8) is 0 Å². The molecule has 0 aliphatic carbocycles. The monoisotopic (exact) mass is 349 g/mol. The van der Waals surface area contributed by atoms with Crippen LogP contribution in [0.25, 0.3) is 10.9 Å². The molecule has 2 aromatic carbocycles. The van der Waals surface area contributed by atoms with Crippen LogP contribution in [-0.2, 0) is 4.79 Å². The summed E-state index contributed by atoms with van der Waals surface area (Å²) in [6.45, 7) is 6.43. The number of aromatic nitrogens is 1. The van der Waals surface area contributed by atoms with Crippen molar-refractivity contribution in [1.82, 2.24) is 10.3 Å². The van der Waals surface area contributed by atoms with Crippen LogP contribution in [0, 0.1) is 0 Å². The second-order valence-corrected chi connectivity index (χ2v) is 6.18. The van der Waals surface area contributed by atoms with Crippen molar-refractivity contribution < 1.29 is 9.53 Å². The van der Waals surface area contributed by atoms with Crippen molar-refractivity contribution >= 4 is 22.5 Å². The average molecular weight is 349 g/mol. The molecule has 0 spiro atoms. The second-order valence-electron chi connectivity index (χ2n) is 6.18. The van der Waals surface area contributed by atoms with Crippen LogP contribution in [-0.4, -0.2) is 17.4 Å². The standard InChI is InChI=1S/C21H23N3O2/c1-4-22-18-7-9-19(10-8-18)26-21-12-6-17-13-16(5-11-20(17)24-21)14(2)23-15(3)25/h5-14,22H,4H2,1-3H3,(H,23,25). The topological polar surface area (TPSA) is 63.2 Å². The molecule has 1 atom stereocenters. The van der Waals surface area contributed by atoms with Gasteiger partial charge in [0.05, 0.1) is 11.6 Å². The van der Waals surface area contributed by atoms with E-state index in [0.717, 1.165) is 34.4 Å². The number of amides is 1. The van der Waals surface area contributed by atoms with Crippen molar-refractivity contribution in [3.05, 3.63) is 60.2 Å². The highest BCUT2D eigenvalue weighted by molar-refractivity contribution is 5.80. The zero-order valence-electron chi connectivity index (χ0n) is 15.2. The number of anilines is 1. The zero-order chi connectivity index (χ0) is 18.5. The summed E-state index contributed by atoms with van der Waals surface area (Å²) in [4.78, 5) is 15.8. The van der Waals surface area contributed by atoms with Crippen LogP contribution >= 0.6 is 0 Å². The van der Waals surface area contributed by atoms with E-state index in [9.17, 15) is 4.79 Å². The van der Waals surface area contributed by atoms with Crippen molar-refractivity contribution in [3.8, 4) is 11.6 Å². The number of fused-ring (bicyclic) bond motifs is 1. The highest BCUT2D eigenvalue weighted by Gasteiger charge is 2.08. The van der Waals surface area contributed by atoms with Gasteiger partial charge in [0.25, 0.3) is 0 Å². The lowest BCUT2D eigenvalue weighted by Crippen LogP contribution is -2.23. The fourth-order valence-corrected chi connectivity index (χ4v) is 2.81. The first-order chi connectivity index (χ1) is 12.5. The van der Waals surface area contributed by atoms with Crippen molar-refractivity contribution in [2.45, 2.75) is 26.8 Å². The Hall–Kier alpha value is -3.08. The number of nitrogens with zero attached hydrogens (tertiary/aromatic N) is 1. The number of benzene rings is 2. The number of pyridine rings is 1. The largest absolute Gasteiger partial charge is 0.439 e. The van der Waals surface area contributed by atoms with Gasteiger partial charge in [0.15, 0.2) is 0 Å². The molecule has 0 saturated carbocycles. The molecule has 1 aromatic heterocycles. The van der Waals surface area contributed by atoms with Gasteiger partial charge in [0.2, 0.25) is 11.8 Å². The lowest BCUT2D eigenvalue weighted by Gasteiger charge is -2.13. The van der Waals surface area contributed by atoms with Gasteiger partial charge in [0, 0.05) is 30.6 Å².